The van der Waals surface area contributed by atoms with E-state index < -0.39 is 0 Å². The molecule has 5 heteroatoms. The van der Waals surface area contributed by atoms with E-state index in [2.05, 4.69) is 9.64 Å². The Morgan fingerprint density at radius 1 is 1.31 bits per heavy atom. The molecule has 0 aromatic rings. The molecular formula is C11H21NO3S. The third kappa shape index (κ3) is 6.85. The average Bonchev–Trinajstić information content (AvgIpc) is 2.25. The quantitative estimate of drug-likeness (QED) is 0.639. The normalized spacial score (nSPS) is 12.6. The molecule has 0 radical (unpaired) electrons. The number of hydrogen-bond donors (Lipinski definition) is 0. The van der Waals surface area contributed by atoms with Crippen molar-refractivity contribution < 1.29 is 14.3 Å². The molecule has 0 bridgehead atoms. The lowest BCUT2D eigenvalue weighted by Gasteiger charge is -2.17. The van der Waals surface area contributed by atoms with Gasteiger partial charge in [-0.05, 0) is 13.1 Å². The number of esters is 1. The zero-order chi connectivity index (χ0) is 12.6. The van der Waals surface area contributed by atoms with Crippen LogP contribution in [-0.4, -0.2) is 48.0 Å². The number of carbonyl (C=O) groups excluding carboxylic acids is 2. The lowest BCUT2D eigenvalue weighted by atomic mass is 10.3. The van der Waals surface area contributed by atoms with Gasteiger partial charge < -0.3 is 4.74 Å². The molecule has 4 nitrogen and oxygen atoms in total. The van der Waals surface area contributed by atoms with E-state index in [1.807, 2.05) is 20.8 Å². The third-order valence-corrected chi connectivity index (χ3v) is 3.22. The van der Waals surface area contributed by atoms with Gasteiger partial charge in [0.2, 0.25) is 5.12 Å². The number of hydrogen-bond acceptors (Lipinski definition) is 5. The van der Waals surface area contributed by atoms with Crippen LogP contribution in [0.1, 0.15) is 27.2 Å². The maximum atomic E-state index is 11.6. The first-order chi connectivity index (χ1) is 7.53. The number of likely N-dealkylation sites (N-methyl/N-ethyl adjacent to an activating group) is 1. The van der Waals surface area contributed by atoms with E-state index in [4.69, 9.17) is 0 Å². The van der Waals surface area contributed by atoms with Gasteiger partial charge in [0.15, 0.2) is 0 Å². The van der Waals surface area contributed by atoms with E-state index >= 15 is 0 Å². The monoisotopic (exact) mass is 247 g/mol. The molecule has 1 unspecified atom stereocenters. The van der Waals surface area contributed by atoms with Crippen molar-refractivity contribution >= 4 is 22.8 Å². The molecule has 1 atom stereocenters. The van der Waals surface area contributed by atoms with Crippen LogP contribution in [0.2, 0.25) is 0 Å². The molecule has 0 saturated heterocycles. The van der Waals surface area contributed by atoms with E-state index in [9.17, 15) is 9.59 Å². The van der Waals surface area contributed by atoms with Crippen molar-refractivity contribution in [3.8, 4) is 0 Å². The summed E-state index contributed by atoms with van der Waals surface area (Å²) in [6, 6.07) is 0. The van der Waals surface area contributed by atoms with Crippen LogP contribution in [0.25, 0.3) is 0 Å². The van der Waals surface area contributed by atoms with E-state index in [0.717, 1.165) is 13.1 Å². The van der Waals surface area contributed by atoms with Gasteiger partial charge >= 0.3 is 5.97 Å². The topological polar surface area (TPSA) is 46.6 Å². The molecule has 0 aliphatic rings. The number of thioether (sulfide) groups is 1. The predicted octanol–water partition coefficient (Wildman–Crippen LogP) is 1.54. The SMILES string of the molecule is CCN(CC)CC(=O)SC(C)CC(=O)OC. The Labute approximate surface area is 102 Å². The maximum absolute atomic E-state index is 11.6. The Bertz CT molecular complexity index is 229. The highest BCUT2D eigenvalue weighted by Gasteiger charge is 2.15. The van der Waals surface area contributed by atoms with Gasteiger partial charge in [0.25, 0.3) is 0 Å². The van der Waals surface area contributed by atoms with Gasteiger partial charge in [-0.1, -0.05) is 32.5 Å². The minimum atomic E-state index is -0.268. The zero-order valence-corrected chi connectivity index (χ0v) is 11.3. The summed E-state index contributed by atoms with van der Waals surface area (Å²) in [5, 5.41) is 0.0932. The Balaban J connectivity index is 3.90. The fourth-order valence-corrected chi connectivity index (χ4v) is 2.18. The molecular weight excluding hydrogens is 226 g/mol. The van der Waals surface area contributed by atoms with Gasteiger partial charge in [0.1, 0.15) is 0 Å². The number of rotatable bonds is 7. The smallest absolute Gasteiger partial charge is 0.306 e. The summed E-state index contributed by atoms with van der Waals surface area (Å²) in [4.78, 5) is 24.7. The van der Waals surface area contributed by atoms with Gasteiger partial charge in [0, 0.05) is 5.25 Å². The highest BCUT2D eigenvalue weighted by molar-refractivity contribution is 8.14. The third-order valence-electron chi connectivity index (χ3n) is 2.26. The predicted molar refractivity (Wildman–Crippen MR) is 66.5 cm³/mol. The first-order valence-electron chi connectivity index (χ1n) is 5.52. The Morgan fingerprint density at radius 2 is 1.88 bits per heavy atom. The largest absolute Gasteiger partial charge is 0.469 e. The lowest BCUT2D eigenvalue weighted by molar-refractivity contribution is -0.140. The maximum Gasteiger partial charge on any atom is 0.306 e. The van der Waals surface area contributed by atoms with Crippen LogP contribution in [0, 0.1) is 0 Å². The number of ether oxygens (including phenoxy) is 1. The second-order valence-electron chi connectivity index (χ2n) is 3.54. The van der Waals surface area contributed by atoms with Crippen molar-refractivity contribution in [2.24, 2.45) is 0 Å². The average molecular weight is 247 g/mol. The van der Waals surface area contributed by atoms with Gasteiger partial charge in [-0.3, -0.25) is 14.5 Å². The van der Waals surface area contributed by atoms with Crippen LogP contribution in [0.4, 0.5) is 0 Å². The molecule has 0 heterocycles. The molecule has 0 spiro atoms. The summed E-state index contributed by atoms with van der Waals surface area (Å²) < 4.78 is 4.55. The molecule has 0 rings (SSSR count). The molecule has 0 aromatic carbocycles. The van der Waals surface area contributed by atoms with E-state index in [1.165, 1.54) is 18.9 Å². The van der Waals surface area contributed by atoms with E-state index in [0.29, 0.717) is 6.54 Å². The number of methoxy groups -OCH3 is 1. The summed E-state index contributed by atoms with van der Waals surface area (Å²) in [7, 11) is 1.36. The van der Waals surface area contributed by atoms with Gasteiger partial charge in [-0.25, -0.2) is 0 Å². The highest BCUT2D eigenvalue weighted by Crippen LogP contribution is 2.16. The summed E-state index contributed by atoms with van der Waals surface area (Å²) in [5.41, 5.74) is 0. The molecule has 0 aliphatic heterocycles. The van der Waals surface area contributed by atoms with Crippen molar-refractivity contribution in [3.05, 3.63) is 0 Å². The molecule has 0 aliphatic carbocycles. The molecule has 94 valence electrons. The van der Waals surface area contributed by atoms with Crippen molar-refractivity contribution in [1.29, 1.82) is 0 Å². The fourth-order valence-electron chi connectivity index (χ4n) is 1.25. The summed E-state index contributed by atoms with van der Waals surface area (Å²) >= 11 is 1.22. The van der Waals surface area contributed by atoms with Gasteiger partial charge in [0.05, 0.1) is 20.1 Å². The second-order valence-corrected chi connectivity index (χ2v) is 5.04. The Hall–Kier alpha value is -0.550. The van der Waals surface area contributed by atoms with Crippen molar-refractivity contribution in [2.45, 2.75) is 32.4 Å². The van der Waals surface area contributed by atoms with Crippen LogP contribution in [0.15, 0.2) is 0 Å². The van der Waals surface area contributed by atoms with E-state index in [-0.39, 0.29) is 22.8 Å². The first-order valence-corrected chi connectivity index (χ1v) is 6.40. The summed E-state index contributed by atoms with van der Waals surface area (Å²) in [6.07, 6.45) is 0.283. The van der Waals surface area contributed by atoms with Crippen LogP contribution in [-0.2, 0) is 14.3 Å². The van der Waals surface area contributed by atoms with Crippen molar-refractivity contribution in [3.63, 3.8) is 0 Å². The zero-order valence-electron chi connectivity index (χ0n) is 10.5. The van der Waals surface area contributed by atoms with E-state index in [1.54, 1.807) is 0 Å². The van der Waals surface area contributed by atoms with Crippen LogP contribution in [0.3, 0.4) is 0 Å². The van der Waals surface area contributed by atoms with Crippen LogP contribution >= 0.6 is 11.8 Å². The molecule has 0 N–H and O–H groups in total. The number of nitrogens with zero attached hydrogens (tertiary/aromatic N) is 1. The molecule has 0 fully saturated rings. The standard InChI is InChI=1S/C11H21NO3S/c1-5-12(6-2)8-11(14)16-9(3)7-10(13)15-4/h9H,5-8H2,1-4H3. The molecule has 0 aromatic heterocycles. The van der Waals surface area contributed by atoms with Crippen molar-refractivity contribution in [1.82, 2.24) is 4.90 Å². The minimum Gasteiger partial charge on any atom is -0.469 e. The first kappa shape index (κ1) is 15.4. The minimum absolute atomic E-state index is 0.0180. The van der Waals surface area contributed by atoms with Crippen LogP contribution in [0.5, 0.6) is 0 Å². The van der Waals surface area contributed by atoms with Crippen molar-refractivity contribution in [2.75, 3.05) is 26.7 Å². The highest BCUT2D eigenvalue weighted by atomic mass is 32.2. The van der Waals surface area contributed by atoms with Gasteiger partial charge in [-0.2, -0.15) is 0 Å². The summed E-state index contributed by atoms with van der Waals surface area (Å²) in [5.74, 6) is -0.268. The Morgan fingerprint density at radius 3 is 2.31 bits per heavy atom. The number of carbonyl (C=O) groups is 2. The second kappa shape index (κ2) is 8.58. The van der Waals surface area contributed by atoms with Gasteiger partial charge in [-0.15, -0.1) is 0 Å². The van der Waals surface area contributed by atoms with Crippen LogP contribution < -0.4 is 0 Å². The lowest BCUT2D eigenvalue weighted by Crippen LogP contribution is -2.29. The molecule has 0 amide bonds. The molecule has 16 heavy (non-hydrogen) atoms. The fraction of sp³-hybridized carbons (Fsp3) is 0.818. The summed E-state index contributed by atoms with van der Waals surface area (Å²) in [6.45, 7) is 8.10. The molecule has 0 saturated carbocycles. The Kier molecular flexibility index (Phi) is 8.29.